The standard InChI is InChI=1S/C14H19N5O2/c1-4-7-19-10-11(15-13(19)18-8-5-6-9-18)16(2)14(21)17(3)12(10)20/h4H,1,5-9H2,2-3H3. The van der Waals surface area contributed by atoms with Crippen LogP contribution in [0.15, 0.2) is 22.2 Å². The predicted octanol–water partition coefficient (Wildman–Crippen LogP) is 0.220. The number of rotatable bonds is 3. The van der Waals surface area contributed by atoms with Gasteiger partial charge in [0, 0.05) is 33.7 Å². The van der Waals surface area contributed by atoms with Crippen molar-refractivity contribution in [2.75, 3.05) is 18.0 Å². The van der Waals surface area contributed by atoms with Crippen LogP contribution in [-0.2, 0) is 20.6 Å². The van der Waals surface area contributed by atoms with Crippen LogP contribution in [0, 0.1) is 0 Å². The molecule has 1 aliphatic heterocycles. The van der Waals surface area contributed by atoms with Crippen LogP contribution in [0.2, 0.25) is 0 Å². The molecular formula is C14H19N5O2. The second-order valence-corrected chi connectivity index (χ2v) is 5.38. The number of nitrogens with zero attached hydrogens (tertiary/aromatic N) is 5. The Morgan fingerprint density at radius 1 is 1.19 bits per heavy atom. The largest absolute Gasteiger partial charge is 0.342 e. The maximum atomic E-state index is 12.5. The van der Waals surface area contributed by atoms with Crippen LogP contribution >= 0.6 is 0 Å². The fraction of sp³-hybridized carbons (Fsp3) is 0.500. The maximum Gasteiger partial charge on any atom is 0.332 e. The molecule has 0 bridgehead atoms. The molecule has 112 valence electrons. The summed E-state index contributed by atoms with van der Waals surface area (Å²) in [6.07, 6.45) is 3.98. The third kappa shape index (κ3) is 1.91. The van der Waals surface area contributed by atoms with Gasteiger partial charge in [0.05, 0.1) is 0 Å². The van der Waals surface area contributed by atoms with Crippen LogP contribution < -0.4 is 16.1 Å². The van der Waals surface area contributed by atoms with Gasteiger partial charge in [0.1, 0.15) is 0 Å². The van der Waals surface area contributed by atoms with Gasteiger partial charge in [0.25, 0.3) is 5.56 Å². The van der Waals surface area contributed by atoms with Crippen LogP contribution in [0.5, 0.6) is 0 Å². The van der Waals surface area contributed by atoms with E-state index < -0.39 is 0 Å². The number of hydrogen-bond acceptors (Lipinski definition) is 4. The van der Waals surface area contributed by atoms with Crippen molar-refractivity contribution in [3.05, 3.63) is 33.5 Å². The van der Waals surface area contributed by atoms with Crippen LogP contribution in [0.4, 0.5) is 5.95 Å². The lowest BCUT2D eigenvalue weighted by Crippen LogP contribution is -2.37. The van der Waals surface area contributed by atoms with E-state index in [-0.39, 0.29) is 11.2 Å². The molecule has 0 N–H and O–H groups in total. The molecule has 3 heterocycles. The highest BCUT2D eigenvalue weighted by Crippen LogP contribution is 2.23. The van der Waals surface area contributed by atoms with Crippen molar-refractivity contribution >= 4 is 17.1 Å². The minimum Gasteiger partial charge on any atom is -0.342 e. The lowest BCUT2D eigenvalue weighted by molar-refractivity contribution is 0.703. The highest BCUT2D eigenvalue weighted by Gasteiger charge is 2.23. The van der Waals surface area contributed by atoms with E-state index >= 15 is 0 Å². The molecule has 0 saturated carbocycles. The third-order valence-corrected chi connectivity index (χ3v) is 4.03. The van der Waals surface area contributed by atoms with E-state index in [4.69, 9.17) is 0 Å². The van der Waals surface area contributed by atoms with Crippen molar-refractivity contribution in [2.24, 2.45) is 14.1 Å². The molecule has 7 nitrogen and oxygen atoms in total. The summed E-state index contributed by atoms with van der Waals surface area (Å²) in [6.45, 7) is 6.10. The van der Waals surface area contributed by atoms with Gasteiger partial charge in [-0.25, -0.2) is 4.79 Å². The Kier molecular flexibility index (Phi) is 3.19. The number of aryl methyl sites for hydroxylation is 1. The molecule has 0 amide bonds. The van der Waals surface area contributed by atoms with Crippen molar-refractivity contribution in [3.63, 3.8) is 0 Å². The lowest BCUT2D eigenvalue weighted by atomic mass is 10.4. The molecule has 0 aliphatic carbocycles. The van der Waals surface area contributed by atoms with Crippen molar-refractivity contribution in [2.45, 2.75) is 19.4 Å². The molecule has 0 spiro atoms. The molecule has 0 radical (unpaired) electrons. The first-order valence-electron chi connectivity index (χ1n) is 7.08. The number of allylic oxidation sites excluding steroid dienone is 1. The van der Waals surface area contributed by atoms with Gasteiger partial charge in [-0.05, 0) is 12.8 Å². The normalized spacial score (nSPS) is 15.0. The van der Waals surface area contributed by atoms with Crippen LogP contribution in [0.25, 0.3) is 11.2 Å². The van der Waals surface area contributed by atoms with Crippen LogP contribution in [0.1, 0.15) is 12.8 Å². The van der Waals surface area contributed by atoms with E-state index in [9.17, 15) is 9.59 Å². The predicted molar refractivity (Wildman–Crippen MR) is 81.9 cm³/mol. The topological polar surface area (TPSA) is 65.1 Å². The maximum absolute atomic E-state index is 12.5. The molecule has 1 fully saturated rings. The smallest absolute Gasteiger partial charge is 0.332 e. The van der Waals surface area contributed by atoms with E-state index in [1.54, 1.807) is 13.1 Å². The average Bonchev–Trinajstić information content (AvgIpc) is 3.10. The van der Waals surface area contributed by atoms with E-state index in [1.165, 1.54) is 11.6 Å². The summed E-state index contributed by atoms with van der Waals surface area (Å²) in [7, 11) is 3.13. The molecule has 1 aliphatic rings. The van der Waals surface area contributed by atoms with E-state index in [1.807, 2.05) is 4.57 Å². The Morgan fingerprint density at radius 3 is 2.48 bits per heavy atom. The zero-order valence-corrected chi connectivity index (χ0v) is 12.4. The first-order valence-corrected chi connectivity index (χ1v) is 7.08. The molecule has 0 unspecified atom stereocenters. The zero-order valence-electron chi connectivity index (χ0n) is 12.4. The van der Waals surface area contributed by atoms with Crippen molar-refractivity contribution < 1.29 is 0 Å². The highest BCUT2D eigenvalue weighted by molar-refractivity contribution is 5.74. The molecule has 0 atom stereocenters. The van der Waals surface area contributed by atoms with E-state index in [0.717, 1.165) is 36.4 Å². The molecule has 7 heteroatoms. The molecular weight excluding hydrogens is 270 g/mol. The molecule has 0 aromatic carbocycles. The summed E-state index contributed by atoms with van der Waals surface area (Å²) in [6, 6.07) is 0. The lowest BCUT2D eigenvalue weighted by Gasteiger charge is -2.17. The van der Waals surface area contributed by atoms with Gasteiger partial charge in [0.15, 0.2) is 11.2 Å². The Bertz CT molecular complexity index is 820. The van der Waals surface area contributed by atoms with Crippen molar-refractivity contribution in [1.29, 1.82) is 0 Å². The Labute approximate surface area is 121 Å². The first kappa shape index (κ1) is 13.7. The van der Waals surface area contributed by atoms with Gasteiger partial charge < -0.3 is 9.47 Å². The van der Waals surface area contributed by atoms with Gasteiger partial charge >= 0.3 is 5.69 Å². The van der Waals surface area contributed by atoms with Crippen LogP contribution in [-0.4, -0.2) is 31.8 Å². The fourth-order valence-corrected chi connectivity index (χ4v) is 2.90. The highest BCUT2D eigenvalue weighted by atomic mass is 16.2. The summed E-state index contributed by atoms with van der Waals surface area (Å²) >= 11 is 0. The first-order chi connectivity index (χ1) is 10.1. The number of imidazole rings is 1. The second kappa shape index (κ2) is 4.91. The number of hydrogen-bond donors (Lipinski definition) is 0. The van der Waals surface area contributed by atoms with Crippen molar-refractivity contribution in [3.8, 4) is 0 Å². The van der Waals surface area contributed by atoms with Crippen LogP contribution in [0.3, 0.4) is 0 Å². The average molecular weight is 289 g/mol. The van der Waals surface area contributed by atoms with Crippen molar-refractivity contribution in [1.82, 2.24) is 18.7 Å². The third-order valence-electron chi connectivity index (χ3n) is 4.03. The number of fused-ring (bicyclic) bond motifs is 1. The Balaban J connectivity index is 2.39. The summed E-state index contributed by atoms with van der Waals surface area (Å²) in [5, 5.41) is 0. The molecule has 1 saturated heterocycles. The fourth-order valence-electron chi connectivity index (χ4n) is 2.90. The van der Waals surface area contributed by atoms with Gasteiger partial charge in [-0.2, -0.15) is 4.98 Å². The quantitative estimate of drug-likeness (QED) is 0.758. The molecule has 2 aromatic rings. The van der Waals surface area contributed by atoms with Gasteiger partial charge in [-0.1, -0.05) is 6.08 Å². The Hall–Kier alpha value is -2.31. The minimum absolute atomic E-state index is 0.312. The summed E-state index contributed by atoms with van der Waals surface area (Å²) in [5.41, 5.74) is 0.227. The number of aromatic nitrogens is 4. The minimum atomic E-state index is -0.358. The summed E-state index contributed by atoms with van der Waals surface area (Å²) < 4.78 is 4.41. The number of anilines is 1. The molecule has 3 rings (SSSR count). The van der Waals surface area contributed by atoms with E-state index in [2.05, 4.69) is 16.5 Å². The monoisotopic (exact) mass is 289 g/mol. The molecule has 2 aromatic heterocycles. The Morgan fingerprint density at radius 2 is 1.86 bits per heavy atom. The van der Waals surface area contributed by atoms with E-state index in [0.29, 0.717) is 17.7 Å². The van der Waals surface area contributed by atoms with Gasteiger partial charge in [0.2, 0.25) is 5.95 Å². The SMILES string of the molecule is C=CCn1c(N2CCCC2)nc2c1c(=O)n(C)c(=O)n2C. The second-order valence-electron chi connectivity index (χ2n) is 5.38. The molecule has 21 heavy (non-hydrogen) atoms. The van der Waals surface area contributed by atoms with Gasteiger partial charge in [-0.15, -0.1) is 6.58 Å². The summed E-state index contributed by atoms with van der Waals surface area (Å²) in [5.74, 6) is 0.751. The summed E-state index contributed by atoms with van der Waals surface area (Å²) in [4.78, 5) is 31.2. The zero-order chi connectivity index (χ0) is 15.1. The van der Waals surface area contributed by atoms with Gasteiger partial charge in [-0.3, -0.25) is 13.9 Å².